The summed E-state index contributed by atoms with van der Waals surface area (Å²) in [4.78, 5) is 26.7. The maximum absolute atomic E-state index is 13.3. The topological polar surface area (TPSA) is 116 Å². The minimum Gasteiger partial charge on any atom is -0.542 e. The lowest BCUT2D eigenvalue weighted by molar-refractivity contribution is -0.908. The Kier molecular flexibility index (Phi) is 10.5. The van der Waals surface area contributed by atoms with Gasteiger partial charge in [-0.05, 0) is 34.1 Å². The van der Waals surface area contributed by atoms with Gasteiger partial charge < -0.3 is 24.9 Å². The van der Waals surface area contributed by atoms with Crippen molar-refractivity contribution in [3.63, 3.8) is 0 Å². The molecular formula is C28H26F8N5O4S+. The molecule has 1 amide bonds. The third-order valence-electron chi connectivity index (χ3n) is 6.83. The van der Waals surface area contributed by atoms with E-state index in [-0.39, 0.29) is 17.7 Å². The number of H-pyrrole nitrogens is 1. The maximum Gasteiger partial charge on any atom is 0.430 e. The summed E-state index contributed by atoms with van der Waals surface area (Å²) in [5, 5.41) is 15.4. The van der Waals surface area contributed by atoms with E-state index in [4.69, 9.17) is 14.6 Å². The Morgan fingerprint density at radius 3 is 2.33 bits per heavy atom. The van der Waals surface area contributed by atoms with Crippen LogP contribution in [0.15, 0.2) is 54.3 Å². The zero-order valence-electron chi connectivity index (χ0n) is 23.6. The number of fused-ring (bicyclic) bond motifs is 1. The molecule has 1 aliphatic heterocycles. The number of quaternary nitrogens is 1. The molecular weight excluding hydrogens is 654 g/mol. The number of amides is 1. The van der Waals surface area contributed by atoms with Crippen LogP contribution < -0.4 is 24.6 Å². The lowest BCUT2D eigenvalue weighted by atomic mass is 10.1. The number of nitrogens with zero attached hydrogens (tertiary/aromatic N) is 2. The molecule has 9 nitrogen and oxygen atoms in total. The number of halogens is 8. The normalized spacial score (nSPS) is 15.2. The van der Waals surface area contributed by atoms with E-state index in [9.17, 15) is 39.9 Å². The average Bonchev–Trinajstić information content (AvgIpc) is 3.64. The van der Waals surface area contributed by atoms with Crippen LogP contribution in [0.5, 0.6) is 5.75 Å². The molecule has 18 heteroatoms. The second-order valence-corrected chi connectivity index (χ2v) is 11.1. The van der Waals surface area contributed by atoms with Crippen LogP contribution >= 0.6 is 11.3 Å². The highest BCUT2D eigenvalue weighted by atomic mass is 32.1. The molecule has 0 aliphatic carbocycles. The number of hydrogen-bond donors (Lipinski definition) is 3. The van der Waals surface area contributed by atoms with Gasteiger partial charge in [-0.15, -0.1) is 15.9 Å². The van der Waals surface area contributed by atoms with Crippen molar-refractivity contribution in [2.75, 3.05) is 32.8 Å². The number of carboxylic acids is 1. The number of rotatable bonds is 8. The van der Waals surface area contributed by atoms with Crippen molar-refractivity contribution >= 4 is 28.9 Å². The number of aliphatic carboxylic acids is 1. The third kappa shape index (κ3) is 9.59. The summed E-state index contributed by atoms with van der Waals surface area (Å²) in [5.74, 6) is -5.63. The molecule has 0 spiro atoms. The Hall–Kier alpha value is -4.32. The minimum atomic E-state index is -5.19. The lowest BCUT2D eigenvalue weighted by Gasteiger charge is -2.28. The van der Waals surface area contributed by atoms with Gasteiger partial charge in [0.2, 0.25) is 0 Å². The Balaban J connectivity index is 0.000000617. The number of hydrogen-bond acceptors (Lipinski definition) is 6. The summed E-state index contributed by atoms with van der Waals surface area (Å²) in [6, 6.07) is 9.04. The van der Waals surface area contributed by atoms with Crippen molar-refractivity contribution in [1.29, 1.82) is 0 Å². The van der Waals surface area contributed by atoms with Crippen LogP contribution in [0.3, 0.4) is 0 Å². The van der Waals surface area contributed by atoms with Crippen molar-refractivity contribution in [2.24, 2.45) is 0 Å². The number of carbonyl (C=O) groups excluding carboxylic acids is 2. The van der Waals surface area contributed by atoms with Gasteiger partial charge in [-0.1, -0.05) is 12.1 Å². The number of thiophene rings is 1. The van der Waals surface area contributed by atoms with Crippen LogP contribution in [0.2, 0.25) is 0 Å². The Morgan fingerprint density at radius 2 is 1.72 bits per heavy atom. The maximum atomic E-state index is 13.3. The first-order valence-electron chi connectivity index (χ1n) is 13.6. The van der Waals surface area contributed by atoms with Gasteiger partial charge >= 0.3 is 18.0 Å². The molecule has 1 fully saturated rings. The Morgan fingerprint density at radius 1 is 1.07 bits per heavy atom. The van der Waals surface area contributed by atoms with Crippen LogP contribution in [-0.4, -0.2) is 73.0 Å². The fraction of sp³-hybridized carbons (Fsp3) is 0.357. The van der Waals surface area contributed by atoms with Crippen LogP contribution in [0, 0.1) is 0 Å². The second-order valence-electron chi connectivity index (χ2n) is 10.2. The van der Waals surface area contributed by atoms with Crippen LogP contribution in [0.1, 0.15) is 22.5 Å². The molecule has 3 N–H and O–H groups in total. The zero-order chi connectivity index (χ0) is 33.7. The molecule has 1 saturated heterocycles. The molecule has 0 atom stereocenters. The molecule has 248 valence electrons. The predicted molar refractivity (Wildman–Crippen MR) is 145 cm³/mol. The molecule has 1 aliphatic rings. The number of benzene rings is 1. The van der Waals surface area contributed by atoms with E-state index in [1.165, 1.54) is 6.07 Å². The van der Waals surface area contributed by atoms with Crippen LogP contribution in [-0.2, 0) is 4.79 Å². The predicted octanol–water partition coefficient (Wildman–Crippen LogP) is 2.83. The summed E-state index contributed by atoms with van der Waals surface area (Å²) >= 11 is 1.06. The Bertz CT molecular complexity index is 1640. The van der Waals surface area contributed by atoms with E-state index in [0.29, 0.717) is 48.8 Å². The molecule has 4 aromatic rings. The first kappa shape index (κ1) is 34.6. The minimum absolute atomic E-state index is 0.0768. The number of aromatic amines is 1. The van der Waals surface area contributed by atoms with E-state index < -0.39 is 36.7 Å². The number of carbonyl (C=O) groups is 2. The van der Waals surface area contributed by atoms with Gasteiger partial charge in [-0.3, -0.25) is 4.79 Å². The Labute approximate surface area is 259 Å². The molecule has 4 heterocycles. The molecule has 0 bridgehead atoms. The lowest BCUT2D eigenvalue weighted by Crippen LogP contribution is -3.14. The van der Waals surface area contributed by atoms with Gasteiger partial charge in [0.15, 0.2) is 6.20 Å². The van der Waals surface area contributed by atoms with Gasteiger partial charge in [0.05, 0.1) is 48.1 Å². The largest absolute Gasteiger partial charge is 0.542 e. The molecule has 0 unspecified atom stereocenters. The van der Waals surface area contributed by atoms with Crippen molar-refractivity contribution in [2.45, 2.75) is 31.1 Å². The molecule has 0 radical (unpaired) electrons. The standard InChI is InChI=1S/C26H24F5N5O2S.C2HF3O2/c27-25(28)5-7-35(8-6-25)9-10-38-20-3-1-17(2-4-20)19-12-32-23-21(13-34-36(23)14-19)18-11-22(39-15-18)24(37)33-16-26(29,30)31;3-2(4,5)1(6)7/h1-4,11-15H,5-10,16H2,(H,33,37);(H,6,7)/p+1. The summed E-state index contributed by atoms with van der Waals surface area (Å²) < 4.78 is 103. The van der Waals surface area contributed by atoms with Crippen LogP contribution in [0.25, 0.3) is 27.9 Å². The average molecular weight is 681 g/mol. The van der Waals surface area contributed by atoms with E-state index in [0.717, 1.165) is 27.4 Å². The molecule has 46 heavy (non-hydrogen) atoms. The van der Waals surface area contributed by atoms with E-state index in [1.54, 1.807) is 22.3 Å². The third-order valence-corrected chi connectivity index (χ3v) is 7.76. The van der Waals surface area contributed by atoms with E-state index in [2.05, 4.69) is 10.1 Å². The summed E-state index contributed by atoms with van der Waals surface area (Å²) in [6.45, 7) is 0.640. The van der Waals surface area contributed by atoms with Gasteiger partial charge in [0, 0.05) is 5.56 Å². The van der Waals surface area contributed by atoms with E-state index in [1.807, 2.05) is 35.8 Å². The number of alkyl halides is 8. The fourth-order valence-electron chi connectivity index (χ4n) is 4.42. The molecule has 1 aromatic carbocycles. The monoisotopic (exact) mass is 680 g/mol. The summed E-state index contributed by atoms with van der Waals surface area (Å²) in [7, 11) is 0. The quantitative estimate of drug-likeness (QED) is 0.196. The molecule has 0 saturated carbocycles. The number of aromatic nitrogens is 3. The smallest absolute Gasteiger partial charge is 0.430 e. The number of nitrogens with one attached hydrogen (secondary N) is 3. The van der Waals surface area contributed by atoms with E-state index >= 15 is 0 Å². The molecule has 3 aromatic heterocycles. The second kappa shape index (κ2) is 14.0. The highest BCUT2D eigenvalue weighted by molar-refractivity contribution is 7.12. The van der Waals surface area contributed by atoms with Gasteiger partial charge in [-0.25, -0.2) is 13.9 Å². The van der Waals surface area contributed by atoms with Crippen LogP contribution in [0.4, 0.5) is 35.1 Å². The number of likely N-dealkylation sites (tertiary alicyclic amines) is 1. The highest BCUT2D eigenvalue weighted by Gasteiger charge is 2.36. The van der Waals surface area contributed by atoms with Crippen molar-refractivity contribution in [1.82, 2.24) is 15.4 Å². The van der Waals surface area contributed by atoms with Crippen molar-refractivity contribution < 1.29 is 64.0 Å². The number of ether oxygens (including phenoxy) is 1. The summed E-state index contributed by atoms with van der Waals surface area (Å²) in [6.07, 6.45) is -4.54. The van der Waals surface area contributed by atoms with Gasteiger partial charge in [0.1, 0.15) is 37.6 Å². The van der Waals surface area contributed by atoms with Gasteiger partial charge in [-0.2, -0.15) is 26.3 Å². The first-order chi connectivity index (χ1) is 21.5. The summed E-state index contributed by atoms with van der Waals surface area (Å²) in [5.41, 5.74) is 3.71. The van der Waals surface area contributed by atoms with Crippen molar-refractivity contribution in [3.8, 4) is 28.0 Å². The molecule has 5 rings (SSSR count). The number of carboxylic acid groups (broad SMARTS) is 1. The van der Waals surface area contributed by atoms with Crippen molar-refractivity contribution in [3.05, 3.63) is 59.2 Å². The number of piperidine rings is 1. The zero-order valence-corrected chi connectivity index (χ0v) is 24.4. The first-order valence-corrected chi connectivity index (χ1v) is 14.4. The highest BCUT2D eigenvalue weighted by Crippen LogP contribution is 2.28. The van der Waals surface area contributed by atoms with Gasteiger partial charge in [0.25, 0.3) is 11.8 Å². The SMILES string of the molecule is O=C(NCC(F)(F)F)c1cc(-c2c[nH][n+]3cc(-c4ccc(OCC[NH+]5CCC(F)(F)CC5)cc4)cnc23)cs1.O=C([O-])C(F)(F)F. The fourth-order valence-corrected chi connectivity index (χ4v) is 5.25.